The molecule has 3 amide bonds. The first-order chi connectivity index (χ1) is 14.9. The van der Waals surface area contributed by atoms with Gasteiger partial charge in [-0.05, 0) is 44.5 Å². The first kappa shape index (κ1) is 20.3. The summed E-state index contributed by atoms with van der Waals surface area (Å²) in [6.07, 6.45) is 2.34. The average Bonchev–Trinajstić information content (AvgIpc) is 3.45. The van der Waals surface area contributed by atoms with Gasteiger partial charge in [-0.25, -0.2) is 9.18 Å². The lowest BCUT2D eigenvalue weighted by molar-refractivity contribution is 0.0624. The number of hydrogen-bond donors (Lipinski definition) is 2. The molecule has 3 aliphatic rings. The lowest BCUT2D eigenvalue weighted by Crippen LogP contribution is -2.58. The van der Waals surface area contributed by atoms with Gasteiger partial charge in [0.25, 0.3) is 5.91 Å². The lowest BCUT2D eigenvalue weighted by atomic mass is 10.1. The fourth-order valence-electron chi connectivity index (χ4n) is 4.83. The third-order valence-corrected chi connectivity index (χ3v) is 6.81. The number of nitrogens with zero attached hydrogens (tertiary/aromatic N) is 4. The summed E-state index contributed by atoms with van der Waals surface area (Å²) in [5.74, 6) is -0.642. The number of nitrogens with one attached hydrogen (secondary N) is 2. The van der Waals surface area contributed by atoms with E-state index in [0.717, 1.165) is 43.4 Å². The number of benzene rings is 1. The van der Waals surface area contributed by atoms with Crippen LogP contribution in [-0.4, -0.2) is 68.6 Å². The predicted molar refractivity (Wildman–Crippen MR) is 113 cm³/mol. The number of hydrogen-bond acceptors (Lipinski definition) is 4. The molecule has 0 aliphatic carbocycles. The normalized spacial score (nSPS) is 23.1. The minimum absolute atomic E-state index is 0.0197. The second-order valence-corrected chi connectivity index (χ2v) is 8.95. The van der Waals surface area contributed by atoms with Crippen molar-refractivity contribution in [2.24, 2.45) is 0 Å². The van der Waals surface area contributed by atoms with Crippen molar-refractivity contribution >= 4 is 29.4 Å². The van der Waals surface area contributed by atoms with Crippen molar-refractivity contribution in [1.82, 2.24) is 24.9 Å². The number of carbonyl (C=O) groups excluding carboxylic acids is 2. The molecule has 1 unspecified atom stereocenters. The fourth-order valence-corrected chi connectivity index (χ4v) is 5.01. The number of fused-ring (bicyclic) bond motifs is 2. The number of aromatic amines is 1. The van der Waals surface area contributed by atoms with Gasteiger partial charge in [0.1, 0.15) is 5.82 Å². The van der Waals surface area contributed by atoms with E-state index < -0.39 is 11.7 Å². The van der Waals surface area contributed by atoms with Crippen molar-refractivity contribution in [1.29, 1.82) is 0 Å². The van der Waals surface area contributed by atoms with Crippen molar-refractivity contribution in [3.63, 3.8) is 0 Å². The lowest BCUT2D eigenvalue weighted by Gasteiger charge is -2.43. The summed E-state index contributed by atoms with van der Waals surface area (Å²) in [5.41, 5.74) is 1.84. The summed E-state index contributed by atoms with van der Waals surface area (Å²) in [5, 5.41) is 9.74. The van der Waals surface area contributed by atoms with Crippen LogP contribution in [0.3, 0.4) is 0 Å². The van der Waals surface area contributed by atoms with Crippen molar-refractivity contribution < 1.29 is 14.0 Å². The highest BCUT2D eigenvalue weighted by molar-refractivity contribution is 6.31. The Labute approximate surface area is 184 Å². The number of amides is 3. The van der Waals surface area contributed by atoms with Gasteiger partial charge in [-0.3, -0.25) is 14.8 Å². The van der Waals surface area contributed by atoms with Gasteiger partial charge in [0.2, 0.25) is 0 Å². The summed E-state index contributed by atoms with van der Waals surface area (Å²) >= 11 is 5.78. The van der Waals surface area contributed by atoms with E-state index in [1.165, 1.54) is 18.6 Å². The first-order valence-corrected chi connectivity index (χ1v) is 10.9. The topological polar surface area (TPSA) is 84.6 Å². The van der Waals surface area contributed by atoms with Crippen LogP contribution in [0.25, 0.3) is 0 Å². The molecule has 10 heteroatoms. The Morgan fingerprint density at radius 3 is 2.94 bits per heavy atom. The van der Waals surface area contributed by atoms with Crippen LogP contribution in [0.5, 0.6) is 0 Å². The number of urea groups is 1. The second kappa shape index (κ2) is 7.80. The number of rotatable bonds is 2. The van der Waals surface area contributed by atoms with Crippen LogP contribution in [0, 0.1) is 5.82 Å². The number of aromatic nitrogens is 2. The Balaban J connectivity index is 1.27. The number of carbonyl (C=O) groups is 2. The van der Waals surface area contributed by atoms with E-state index in [2.05, 4.69) is 27.3 Å². The summed E-state index contributed by atoms with van der Waals surface area (Å²) in [4.78, 5) is 32.0. The molecule has 2 fully saturated rings. The van der Waals surface area contributed by atoms with Gasteiger partial charge in [0.15, 0.2) is 5.82 Å². The molecule has 1 aromatic heterocycles. The van der Waals surface area contributed by atoms with Crippen LogP contribution in [0.1, 0.15) is 41.4 Å². The van der Waals surface area contributed by atoms with E-state index in [1.807, 2.05) is 4.90 Å². The molecule has 0 bridgehead atoms. The largest absolute Gasteiger partial charge is 0.321 e. The predicted octanol–water partition coefficient (Wildman–Crippen LogP) is 3.06. The summed E-state index contributed by atoms with van der Waals surface area (Å²) in [6.45, 7) is 5.71. The van der Waals surface area contributed by atoms with Crippen LogP contribution in [0.15, 0.2) is 18.2 Å². The summed E-state index contributed by atoms with van der Waals surface area (Å²) in [6, 6.07) is 4.44. The van der Waals surface area contributed by atoms with Gasteiger partial charge in [-0.2, -0.15) is 5.10 Å². The van der Waals surface area contributed by atoms with Crippen LogP contribution < -0.4 is 5.32 Å². The zero-order valence-corrected chi connectivity index (χ0v) is 18.0. The second-order valence-electron chi connectivity index (χ2n) is 8.54. The van der Waals surface area contributed by atoms with E-state index in [1.54, 1.807) is 4.90 Å². The molecule has 2 atom stereocenters. The van der Waals surface area contributed by atoms with E-state index in [0.29, 0.717) is 24.9 Å². The standard InChI is InChI=1S/C21H24ClFN6O2/c1-12-8-27-6-2-3-14(27)9-29(12)21(31)28-10-15-18(11-28)25-26-19(15)24-20(30)13-4-5-17(23)16(22)7-13/h4-5,7,12,14H,2-3,6,8-11H2,1H3,(H2,24,25,26,30)/t12-,14?/m0/s1. The van der Waals surface area contributed by atoms with Gasteiger partial charge in [0.05, 0.1) is 23.8 Å². The zero-order chi connectivity index (χ0) is 21.7. The number of H-pyrrole nitrogens is 1. The summed E-state index contributed by atoms with van der Waals surface area (Å²) in [7, 11) is 0. The molecule has 4 heterocycles. The third-order valence-electron chi connectivity index (χ3n) is 6.52. The maximum atomic E-state index is 13.4. The molecule has 2 aromatic rings. The summed E-state index contributed by atoms with van der Waals surface area (Å²) < 4.78 is 13.4. The monoisotopic (exact) mass is 446 g/mol. The minimum atomic E-state index is -0.583. The van der Waals surface area contributed by atoms with Crippen molar-refractivity contribution in [3.05, 3.63) is 45.9 Å². The van der Waals surface area contributed by atoms with Crippen LogP contribution in [0.2, 0.25) is 5.02 Å². The molecule has 0 radical (unpaired) electrons. The highest BCUT2D eigenvalue weighted by Gasteiger charge is 2.39. The molecule has 31 heavy (non-hydrogen) atoms. The van der Waals surface area contributed by atoms with Gasteiger partial charge in [-0.15, -0.1) is 0 Å². The average molecular weight is 447 g/mol. The molecule has 1 aromatic carbocycles. The van der Waals surface area contributed by atoms with Gasteiger partial charge in [-0.1, -0.05) is 11.6 Å². The third kappa shape index (κ3) is 3.65. The Kier molecular flexibility index (Phi) is 5.10. The maximum Gasteiger partial charge on any atom is 0.321 e. The molecule has 164 valence electrons. The van der Waals surface area contributed by atoms with Crippen LogP contribution in [-0.2, 0) is 13.1 Å². The van der Waals surface area contributed by atoms with Crippen molar-refractivity contribution in [3.8, 4) is 0 Å². The molecule has 2 N–H and O–H groups in total. The Morgan fingerprint density at radius 2 is 2.13 bits per heavy atom. The molecule has 3 aliphatic heterocycles. The molecule has 8 nitrogen and oxygen atoms in total. The van der Waals surface area contributed by atoms with Crippen LogP contribution in [0.4, 0.5) is 15.0 Å². The molecule has 0 saturated carbocycles. The van der Waals surface area contributed by atoms with E-state index in [9.17, 15) is 14.0 Å². The maximum absolute atomic E-state index is 13.4. The highest BCUT2D eigenvalue weighted by Crippen LogP contribution is 2.31. The quantitative estimate of drug-likeness (QED) is 0.742. The van der Waals surface area contributed by atoms with E-state index >= 15 is 0 Å². The first-order valence-electron chi connectivity index (χ1n) is 10.5. The fraction of sp³-hybridized carbons (Fsp3) is 0.476. The van der Waals surface area contributed by atoms with Gasteiger partial charge >= 0.3 is 6.03 Å². The Morgan fingerprint density at radius 1 is 1.29 bits per heavy atom. The smallest absolute Gasteiger partial charge is 0.319 e. The van der Waals surface area contributed by atoms with Gasteiger partial charge in [0, 0.05) is 36.3 Å². The molecular weight excluding hydrogens is 423 g/mol. The number of piperazine rings is 1. The zero-order valence-electron chi connectivity index (χ0n) is 17.2. The van der Waals surface area contributed by atoms with Crippen molar-refractivity contribution in [2.45, 2.75) is 44.9 Å². The molecular formula is C21H24ClFN6O2. The van der Waals surface area contributed by atoms with Gasteiger partial charge < -0.3 is 15.1 Å². The highest BCUT2D eigenvalue weighted by atomic mass is 35.5. The number of halogens is 2. The van der Waals surface area contributed by atoms with Crippen molar-refractivity contribution in [2.75, 3.05) is 25.0 Å². The van der Waals surface area contributed by atoms with E-state index in [4.69, 9.17) is 11.6 Å². The SMILES string of the molecule is C[C@H]1CN2CCCC2CN1C(=O)N1Cc2[nH]nc(NC(=O)c3ccc(F)c(Cl)c3)c2C1. The number of anilines is 1. The Hall–Kier alpha value is -2.65. The molecule has 2 saturated heterocycles. The molecule has 5 rings (SSSR count). The van der Waals surface area contributed by atoms with Crippen LogP contribution >= 0.6 is 11.6 Å². The molecule has 0 spiro atoms. The Bertz CT molecular complexity index is 1040. The minimum Gasteiger partial charge on any atom is -0.319 e. The van der Waals surface area contributed by atoms with E-state index in [-0.39, 0.29) is 22.7 Å².